The zero-order valence-corrected chi connectivity index (χ0v) is 13.5. The van der Waals surface area contributed by atoms with Crippen LogP contribution in [-0.4, -0.2) is 73.5 Å². The number of amides is 1. The Morgan fingerprint density at radius 2 is 1.80 bits per heavy atom. The zero-order valence-electron chi connectivity index (χ0n) is 13.5. The lowest BCUT2D eigenvalue weighted by Gasteiger charge is -2.35. The highest BCUT2D eigenvalue weighted by Crippen LogP contribution is 2.30. The van der Waals surface area contributed by atoms with E-state index in [1.807, 2.05) is 4.90 Å². The van der Waals surface area contributed by atoms with Crippen molar-refractivity contribution in [1.29, 1.82) is 0 Å². The summed E-state index contributed by atoms with van der Waals surface area (Å²) in [7, 11) is 2.14. The Labute approximate surface area is 123 Å². The normalized spacial score (nSPS) is 22.8. The Morgan fingerprint density at radius 1 is 1.15 bits per heavy atom. The van der Waals surface area contributed by atoms with E-state index in [1.165, 1.54) is 5.57 Å². The minimum absolute atomic E-state index is 0.243. The molecule has 0 atom stereocenters. The van der Waals surface area contributed by atoms with Crippen molar-refractivity contribution < 1.29 is 4.79 Å². The molecule has 114 valence electrons. The Morgan fingerprint density at radius 3 is 2.30 bits per heavy atom. The molecule has 4 nitrogen and oxygen atoms in total. The van der Waals surface area contributed by atoms with Gasteiger partial charge < -0.3 is 9.80 Å². The maximum atomic E-state index is 12.3. The fourth-order valence-electron chi connectivity index (χ4n) is 2.87. The minimum atomic E-state index is 0.243. The topological polar surface area (TPSA) is 26.8 Å². The van der Waals surface area contributed by atoms with Crippen molar-refractivity contribution in [2.24, 2.45) is 5.41 Å². The summed E-state index contributed by atoms with van der Waals surface area (Å²) in [6.45, 7) is 13.2. The molecule has 20 heavy (non-hydrogen) atoms. The Bertz CT molecular complexity index is 376. The quantitative estimate of drug-likeness (QED) is 0.716. The van der Waals surface area contributed by atoms with E-state index >= 15 is 0 Å². The number of hydrogen-bond donors (Lipinski definition) is 0. The molecule has 0 aromatic rings. The molecule has 0 unspecified atom stereocenters. The lowest BCUT2D eigenvalue weighted by molar-refractivity contribution is -0.132. The molecule has 1 saturated heterocycles. The van der Waals surface area contributed by atoms with E-state index in [2.05, 4.69) is 43.7 Å². The van der Waals surface area contributed by atoms with Crippen LogP contribution in [0.3, 0.4) is 0 Å². The van der Waals surface area contributed by atoms with Gasteiger partial charge in [-0.15, -0.1) is 0 Å². The highest BCUT2D eigenvalue weighted by Gasteiger charge is 2.25. The summed E-state index contributed by atoms with van der Waals surface area (Å²) in [5.74, 6) is 0.291. The summed E-state index contributed by atoms with van der Waals surface area (Å²) in [6, 6.07) is 0. The highest BCUT2D eigenvalue weighted by atomic mass is 16.2. The van der Waals surface area contributed by atoms with E-state index in [4.69, 9.17) is 0 Å². The minimum Gasteiger partial charge on any atom is -0.338 e. The van der Waals surface area contributed by atoms with E-state index in [-0.39, 0.29) is 5.41 Å². The highest BCUT2D eigenvalue weighted by molar-refractivity contribution is 5.78. The van der Waals surface area contributed by atoms with Crippen molar-refractivity contribution in [1.82, 2.24) is 14.7 Å². The molecule has 0 spiro atoms. The molecule has 2 aliphatic heterocycles. The van der Waals surface area contributed by atoms with Gasteiger partial charge in [0.25, 0.3) is 0 Å². The fraction of sp³-hybridized carbons (Fsp3) is 0.812. The van der Waals surface area contributed by atoms with Gasteiger partial charge in [-0.05, 0) is 18.9 Å². The first-order chi connectivity index (χ1) is 9.36. The van der Waals surface area contributed by atoms with Crippen molar-refractivity contribution in [3.63, 3.8) is 0 Å². The molecule has 0 aliphatic carbocycles. The average molecular weight is 279 g/mol. The summed E-state index contributed by atoms with van der Waals surface area (Å²) in [5, 5.41) is 0. The third-order valence-corrected chi connectivity index (χ3v) is 4.48. The molecular weight excluding hydrogens is 250 g/mol. The molecule has 0 saturated carbocycles. The second kappa shape index (κ2) is 6.27. The van der Waals surface area contributed by atoms with Crippen molar-refractivity contribution >= 4 is 5.91 Å². The van der Waals surface area contributed by atoms with Crippen LogP contribution in [0.25, 0.3) is 0 Å². The SMILES string of the molecule is CN1CCN(CC(=O)N2CC=C(C(C)(C)C)CC2)CC1. The monoisotopic (exact) mass is 279 g/mol. The summed E-state index contributed by atoms with van der Waals surface area (Å²) < 4.78 is 0. The van der Waals surface area contributed by atoms with Crippen LogP contribution in [-0.2, 0) is 4.79 Å². The maximum absolute atomic E-state index is 12.3. The van der Waals surface area contributed by atoms with Crippen molar-refractivity contribution in [3.05, 3.63) is 11.6 Å². The number of rotatable bonds is 2. The molecule has 0 aromatic heterocycles. The molecule has 2 heterocycles. The maximum Gasteiger partial charge on any atom is 0.237 e. The van der Waals surface area contributed by atoms with Crippen LogP contribution in [0, 0.1) is 5.41 Å². The largest absolute Gasteiger partial charge is 0.338 e. The van der Waals surface area contributed by atoms with Crippen LogP contribution in [0.2, 0.25) is 0 Å². The number of nitrogens with zero attached hydrogens (tertiary/aromatic N) is 3. The van der Waals surface area contributed by atoms with Crippen LogP contribution in [0.1, 0.15) is 27.2 Å². The van der Waals surface area contributed by atoms with Gasteiger partial charge in [0.05, 0.1) is 6.54 Å². The van der Waals surface area contributed by atoms with E-state index in [0.29, 0.717) is 12.5 Å². The molecule has 1 fully saturated rings. The lowest BCUT2D eigenvalue weighted by atomic mass is 9.83. The van der Waals surface area contributed by atoms with E-state index < -0.39 is 0 Å². The molecule has 0 N–H and O–H groups in total. The lowest BCUT2D eigenvalue weighted by Crippen LogP contribution is -2.49. The first-order valence-corrected chi connectivity index (χ1v) is 7.74. The fourth-order valence-corrected chi connectivity index (χ4v) is 2.87. The van der Waals surface area contributed by atoms with Gasteiger partial charge in [-0.2, -0.15) is 0 Å². The summed E-state index contributed by atoms with van der Waals surface area (Å²) >= 11 is 0. The van der Waals surface area contributed by atoms with Crippen LogP contribution in [0.15, 0.2) is 11.6 Å². The Hall–Kier alpha value is -0.870. The van der Waals surface area contributed by atoms with Gasteiger partial charge in [0, 0.05) is 39.3 Å². The predicted molar refractivity (Wildman–Crippen MR) is 82.7 cm³/mol. The number of carbonyl (C=O) groups is 1. The second-order valence-corrected chi connectivity index (χ2v) is 7.15. The first kappa shape index (κ1) is 15.5. The molecular formula is C16H29N3O. The van der Waals surface area contributed by atoms with E-state index in [1.54, 1.807) is 0 Å². The Kier molecular flexibility index (Phi) is 4.86. The van der Waals surface area contributed by atoms with Gasteiger partial charge in [0.2, 0.25) is 5.91 Å². The van der Waals surface area contributed by atoms with Crippen LogP contribution in [0.4, 0.5) is 0 Å². The molecule has 1 amide bonds. The summed E-state index contributed by atoms with van der Waals surface area (Å²) in [4.78, 5) is 19.0. The van der Waals surface area contributed by atoms with Gasteiger partial charge >= 0.3 is 0 Å². The number of piperazine rings is 1. The third-order valence-electron chi connectivity index (χ3n) is 4.48. The van der Waals surface area contributed by atoms with E-state index in [0.717, 1.165) is 45.7 Å². The summed E-state index contributed by atoms with van der Waals surface area (Å²) in [5.41, 5.74) is 1.73. The molecule has 2 aliphatic rings. The Balaban J connectivity index is 1.82. The average Bonchev–Trinajstić information content (AvgIpc) is 2.40. The third kappa shape index (κ3) is 4.06. The van der Waals surface area contributed by atoms with Crippen LogP contribution >= 0.6 is 0 Å². The molecule has 0 bridgehead atoms. The van der Waals surface area contributed by atoms with Crippen LogP contribution in [0.5, 0.6) is 0 Å². The number of likely N-dealkylation sites (N-methyl/N-ethyl adjacent to an activating group) is 1. The van der Waals surface area contributed by atoms with Gasteiger partial charge in [-0.3, -0.25) is 9.69 Å². The van der Waals surface area contributed by atoms with Gasteiger partial charge in [0.15, 0.2) is 0 Å². The number of hydrogen-bond acceptors (Lipinski definition) is 3. The zero-order chi connectivity index (χ0) is 14.8. The first-order valence-electron chi connectivity index (χ1n) is 7.74. The number of carbonyl (C=O) groups excluding carboxylic acids is 1. The van der Waals surface area contributed by atoms with Crippen LogP contribution < -0.4 is 0 Å². The van der Waals surface area contributed by atoms with Gasteiger partial charge in [-0.25, -0.2) is 0 Å². The molecule has 0 radical (unpaired) electrons. The van der Waals surface area contributed by atoms with Crippen molar-refractivity contribution in [3.8, 4) is 0 Å². The van der Waals surface area contributed by atoms with Crippen molar-refractivity contribution in [2.45, 2.75) is 27.2 Å². The van der Waals surface area contributed by atoms with E-state index in [9.17, 15) is 4.79 Å². The predicted octanol–water partition coefficient (Wildman–Crippen LogP) is 1.44. The van der Waals surface area contributed by atoms with Gasteiger partial charge in [-0.1, -0.05) is 32.4 Å². The van der Waals surface area contributed by atoms with Gasteiger partial charge in [0.1, 0.15) is 0 Å². The second-order valence-electron chi connectivity index (χ2n) is 7.15. The molecule has 4 heteroatoms. The molecule has 0 aromatic carbocycles. The summed E-state index contributed by atoms with van der Waals surface area (Å²) in [6.07, 6.45) is 3.28. The van der Waals surface area contributed by atoms with Crippen molar-refractivity contribution in [2.75, 3.05) is 52.9 Å². The standard InChI is InChI=1S/C16H29N3O/c1-16(2,3)14-5-7-19(8-6-14)15(20)13-18-11-9-17(4)10-12-18/h5H,6-13H2,1-4H3. The smallest absolute Gasteiger partial charge is 0.237 e. The molecule has 2 rings (SSSR count).